The van der Waals surface area contributed by atoms with Gasteiger partial charge in [-0.05, 0) is 26.8 Å². The molecule has 1 atom stereocenters. The number of likely N-dealkylation sites (N-methyl/N-ethyl adjacent to an activating group) is 1. The zero-order chi connectivity index (χ0) is 10.7. The molecular formula is C11H18N4. The van der Waals surface area contributed by atoms with Crippen molar-refractivity contribution in [1.82, 2.24) is 20.5 Å². The van der Waals surface area contributed by atoms with Crippen molar-refractivity contribution in [3.63, 3.8) is 0 Å². The van der Waals surface area contributed by atoms with Gasteiger partial charge >= 0.3 is 0 Å². The summed E-state index contributed by atoms with van der Waals surface area (Å²) in [5.74, 6) is 1.50. The molecule has 4 nitrogen and oxygen atoms in total. The Balaban J connectivity index is 2.04. The predicted molar refractivity (Wildman–Crippen MR) is 58.6 cm³/mol. The van der Waals surface area contributed by atoms with Crippen molar-refractivity contribution < 1.29 is 0 Å². The van der Waals surface area contributed by atoms with Gasteiger partial charge in [-0.3, -0.25) is 0 Å². The monoisotopic (exact) mass is 206 g/mol. The molecule has 1 heterocycles. The fourth-order valence-corrected chi connectivity index (χ4v) is 1.72. The van der Waals surface area contributed by atoms with E-state index in [2.05, 4.69) is 27.4 Å². The second-order valence-electron chi connectivity index (χ2n) is 4.32. The third kappa shape index (κ3) is 2.50. The molecule has 2 rings (SSSR count). The van der Waals surface area contributed by atoms with Crippen LogP contribution in [0.5, 0.6) is 0 Å². The first-order valence-corrected chi connectivity index (χ1v) is 5.65. The lowest BCUT2D eigenvalue weighted by Crippen LogP contribution is -2.25. The van der Waals surface area contributed by atoms with Crippen molar-refractivity contribution in [2.75, 3.05) is 7.05 Å². The van der Waals surface area contributed by atoms with Crippen LogP contribution in [0.3, 0.4) is 0 Å². The smallest absolute Gasteiger partial charge is 0.152 e. The third-order valence-corrected chi connectivity index (χ3v) is 3.13. The summed E-state index contributed by atoms with van der Waals surface area (Å²) < 4.78 is 0. The van der Waals surface area contributed by atoms with E-state index in [0.717, 1.165) is 17.9 Å². The molecule has 0 saturated heterocycles. The zero-order valence-electron chi connectivity index (χ0n) is 9.40. The lowest BCUT2D eigenvalue weighted by Gasteiger charge is -2.24. The lowest BCUT2D eigenvalue weighted by molar-refractivity contribution is 0.406. The normalized spacial score (nSPS) is 18.5. The average Bonchev–Trinajstić information content (AvgIpc) is 2.15. The van der Waals surface area contributed by atoms with Gasteiger partial charge in [0.2, 0.25) is 0 Å². The zero-order valence-corrected chi connectivity index (χ0v) is 9.40. The SMILES string of the molecule is CNC(C)Cc1nncc(C2CCC2)n1. The van der Waals surface area contributed by atoms with Gasteiger partial charge < -0.3 is 5.32 Å². The van der Waals surface area contributed by atoms with E-state index in [-0.39, 0.29) is 0 Å². The van der Waals surface area contributed by atoms with Crippen LogP contribution in [0.2, 0.25) is 0 Å². The molecule has 1 aromatic rings. The molecule has 4 heteroatoms. The highest BCUT2D eigenvalue weighted by Crippen LogP contribution is 2.34. The van der Waals surface area contributed by atoms with E-state index in [1.54, 1.807) is 0 Å². The van der Waals surface area contributed by atoms with Gasteiger partial charge in [-0.1, -0.05) is 6.42 Å². The minimum atomic E-state index is 0.406. The Labute approximate surface area is 90.5 Å². The van der Waals surface area contributed by atoms with Crippen molar-refractivity contribution in [3.8, 4) is 0 Å². The molecule has 1 N–H and O–H groups in total. The van der Waals surface area contributed by atoms with Crippen LogP contribution in [0.4, 0.5) is 0 Å². The van der Waals surface area contributed by atoms with Gasteiger partial charge in [-0.15, -0.1) is 5.10 Å². The summed E-state index contributed by atoms with van der Waals surface area (Å²) in [6.45, 7) is 2.12. The second kappa shape index (κ2) is 4.66. The number of nitrogens with one attached hydrogen (secondary N) is 1. The molecule has 82 valence electrons. The van der Waals surface area contributed by atoms with Gasteiger partial charge in [0, 0.05) is 18.4 Å². The minimum absolute atomic E-state index is 0.406. The van der Waals surface area contributed by atoms with Gasteiger partial charge in [-0.2, -0.15) is 5.10 Å². The molecule has 1 unspecified atom stereocenters. The molecule has 1 aromatic heterocycles. The third-order valence-electron chi connectivity index (χ3n) is 3.13. The first kappa shape index (κ1) is 10.5. The van der Waals surface area contributed by atoms with Gasteiger partial charge in [0.1, 0.15) is 0 Å². The van der Waals surface area contributed by atoms with Crippen molar-refractivity contribution in [3.05, 3.63) is 17.7 Å². The van der Waals surface area contributed by atoms with E-state index in [0.29, 0.717) is 12.0 Å². The molecule has 0 aromatic carbocycles. The van der Waals surface area contributed by atoms with Crippen LogP contribution in [0.15, 0.2) is 6.20 Å². The summed E-state index contributed by atoms with van der Waals surface area (Å²) in [4.78, 5) is 4.57. The Morgan fingerprint density at radius 3 is 2.93 bits per heavy atom. The van der Waals surface area contributed by atoms with Crippen molar-refractivity contribution in [2.24, 2.45) is 0 Å². The highest BCUT2D eigenvalue weighted by Gasteiger charge is 2.21. The molecule has 0 aliphatic heterocycles. The van der Waals surface area contributed by atoms with E-state index >= 15 is 0 Å². The Morgan fingerprint density at radius 2 is 2.33 bits per heavy atom. The molecule has 15 heavy (non-hydrogen) atoms. The summed E-state index contributed by atoms with van der Waals surface area (Å²) in [7, 11) is 1.95. The first-order chi connectivity index (χ1) is 7.29. The summed E-state index contributed by atoms with van der Waals surface area (Å²) in [5, 5.41) is 11.3. The maximum Gasteiger partial charge on any atom is 0.152 e. The van der Waals surface area contributed by atoms with Crippen LogP contribution in [-0.2, 0) is 6.42 Å². The van der Waals surface area contributed by atoms with E-state index < -0.39 is 0 Å². The fourth-order valence-electron chi connectivity index (χ4n) is 1.72. The van der Waals surface area contributed by atoms with Crippen molar-refractivity contribution in [1.29, 1.82) is 0 Å². The average molecular weight is 206 g/mol. The summed E-state index contributed by atoms with van der Waals surface area (Å²) in [6.07, 6.45) is 6.53. The topological polar surface area (TPSA) is 50.7 Å². The number of hydrogen-bond acceptors (Lipinski definition) is 4. The van der Waals surface area contributed by atoms with Crippen LogP contribution >= 0.6 is 0 Å². The summed E-state index contributed by atoms with van der Waals surface area (Å²) in [5.41, 5.74) is 1.13. The Hall–Kier alpha value is -1.03. The van der Waals surface area contributed by atoms with Crippen LogP contribution in [0.25, 0.3) is 0 Å². The van der Waals surface area contributed by atoms with E-state index in [9.17, 15) is 0 Å². The predicted octanol–water partition coefficient (Wildman–Crippen LogP) is 1.29. The molecule has 1 saturated carbocycles. The van der Waals surface area contributed by atoms with E-state index in [4.69, 9.17) is 0 Å². The van der Waals surface area contributed by atoms with Crippen LogP contribution in [0.1, 0.15) is 43.6 Å². The van der Waals surface area contributed by atoms with Gasteiger partial charge in [0.25, 0.3) is 0 Å². The second-order valence-corrected chi connectivity index (χ2v) is 4.32. The fraction of sp³-hybridized carbons (Fsp3) is 0.727. The highest BCUT2D eigenvalue weighted by atomic mass is 15.1. The Bertz CT molecular complexity index is 322. The van der Waals surface area contributed by atoms with Crippen LogP contribution in [0, 0.1) is 0 Å². The van der Waals surface area contributed by atoms with Gasteiger partial charge in [0.05, 0.1) is 11.9 Å². The number of rotatable bonds is 4. The summed E-state index contributed by atoms with van der Waals surface area (Å²) >= 11 is 0. The molecule has 1 fully saturated rings. The van der Waals surface area contributed by atoms with Crippen LogP contribution < -0.4 is 5.32 Å². The molecule has 0 bridgehead atoms. The minimum Gasteiger partial charge on any atom is -0.317 e. The number of hydrogen-bond donors (Lipinski definition) is 1. The maximum atomic E-state index is 4.57. The molecule has 1 aliphatic rings. The molecule has 0 radical (unpaired) electrons. The Morgan fingerprint density at radius 1 is 1.53 bits per heavy atom. The maximum absolute atomic E-state index is 4.57. The first-order valence-electron chi connectivity index (χ1n) is 5.65. The standard InChI is InChI=1S/C11H18N4/c1-8(12-2)6-11-14-10(7-13-15-11)9-4-3-5-9/h7-9,12H,3-6H2,1-2H3. The van der Waals surface area contributed by atoms with E-state index in [1.165, 1.54) is 19.3 Å². The van der Waals surface area contributed by atoms with Gasteiger partial charge in [0.15, 0.2) is 5.82 Å². The van der Waals surface area contributed by atoms with E-state index in [1.807, 2.05) is 13.2 Å². The van der Waals surface area contributed by atoms with Crippen molar-refractivity contribution in [2.45, 2.75) is 44.6 Å². The van der Waals surface area contributed by atoms with Crippen molar-refractivity contribution >= 4 is 0 Å². The summed E-state index contributed by atoms with van der Waals surface area (Å²) in [6, 6.07) is 0.406. The lowest BCUT2D eigenvalue weighted by atomic mass is 9.83. The largest absolute Gasteiger partial charge is 0.317 e. The molecule has 0 spiro atoms. The number of aromatic nitrogens is 3. The molecule has 0 amide bonds. The van der Waals surface area contributed by atoms with Gasteiger partial charge in [-0.25, -0.2) is 4.98 Å². The molecule has 1 aliphatic carbocycles. The number of nitrogens with zero attached hydrogens (tertiary/aromatic N) is 3. The van der Waals surface area contributed by atoms with Crippen LogP contribution in [-0.4, -0.2) is 28.3 Å². The Kier molecular flexibility index (Phi) is 3.26. The molecular weight excluding hydrogens is 188 g/mol. The highest BCUT2D eigenvalue weighted by molar-refractivity contribution is 5.07. The quantitative estimate of drug-likeness (QED) is 0.806.